The third-order valence-corrected chi connectivity index (χ3v) is 4.07. The van der Waals surface area contributed by atoms with Crippen molar-refractivity contribution in [1.29, 1.82) is 5.26 Å². The molecule has 22 heavy (non-hydrogen) atoms. The molecule has 0 unspecified atom stereocenters. The zero-order valence-electron chi connectivity index (χ0n) is 11.4. The number of hydrogen-bond donors (Lipinski definition) is 2. The summed E-state index contributed by atoms with van der Waals surface area (Å²) in [4.78, 5) is 0.785. The van der Waals surface area contributed by atoms with E-state index in [9.17, 15) is 4.39 Å². The van der Waals surface area contributed by atoms with E-state index in [-0.39, 0.29) is 22.9 Å². The fourth-order valence-electron chi connectivity index (χ4n) is 1.83. The number of aromatic nitrogens is 1. The Balaban J connectivity index is 2.31. The van der Waals surface area contributed by atoms with Crippen molar-refractivity contribution in [3.63, 3.8) is 0 Å². The van der Waals surface area contributed by atoms with E-state index >= 15 is 0 Å². The number of benzene rings is 1. The van der Waals surface area contributed by atoms with E-state index in [0.717, 1.165) is 10.9 Å². The van der Waals surface area contributed by atoms with Gasteiger partial charge in [0.2, 0.25) is 0 Å². The summed E-state index contributed by atoms with van der Waals surface area (Å²) in [7, 11) is 0. The largest absolute Gasteiger partial charge is 0.483 e. The van der Waals surface area contributed by atoms with E-state index in [1.807, 2.05) is 6.07 Å². The van der Waals surface area contributed by atoms with Crippen LogP contribution in [0.4, 0.5) is 4.39 Å². The highest BCUT2D eigenvalue weighted by molar-refractivity contribution is 7.05. The summed E-state index contributed by atoms with van der Waals surface area (Å²) in [5.74, 6) is -0.524. The van der Waals surface area contributed by atoms with Crippen LogP contribution in [0.1, 0.15) is 23.0 Å². The summed E-state index contributed by atoms with van der Waals surface area (Å²) < 4.78 is 23.2. The maximum absolute atomic E-state index is 13.4. The summed E-state index contributed by atoms with van der Waals surface area (Å²) in [6, 6.07) is 5.41. The normalized spacial score (nSPS) is 13.4. The molecule has 116 valence electrons. The molecule has 0 aliphatic heterocycles. The lowest BCUT2D eigenvalue weighted by Crippen LogP contribution is -2.28. The number of halogens is 2. The number of aliphatic hydroxyl groups is 1. The fraction of sp³-hybridized carbons (Fsp3) is 0.286. The van der Waals surface area contributed by atoms with Gasteiger partial charge >= 0.3 is 0 Å². The smallest absolute Gasteiger partial charge is 0.143 e. The summed E-state index contributed by atoms with van der Waals surface area (Å²) in [5, 5.41) is 18.1. The van der Waals surface area contributed by atoms with E-state index in [0.29, 0.717) is 6.42 Å². The van der Waals surface area contributed by atoms with Gasteiger partial charge < -0.3 is 15.6 Å². The van der Waals surface area contributed by atoms with Gasteiger partial charge in [0.25, 0.3) is 0 Å². The van der Waals surface area contributed by atoms with E-state index < -0.39 is 18.0 Å². The van der Waals surface area contributed by atoms with Crippen molar-refractivity contribution >= 4 is 23.1 Å². The topological polar surface area (TPSA) is 92.2 Å². The van der Waals surface area contributed by atoms with Gasteiger partial charge in [-0.2, -0.15) is 5.26 Å². The van der Waals surface area contributed by atoms with Gasteiger partial charge in [0.05, 0.1) is 22.1 Å². The van der Waals surface area contributed by atoms with Crippen LogP contribution in [0, 0.1) is 17.1 Å². The molecule has 2 rings (SSSR count). The van der Waals surface area contributed by atoms with Crippen LogP contribution in [-0.4, -0.2) is 22.1 Å². The molecule has 0 fully saturated rings. The molecular formula is C14H13ClFN3O2S. The highest BCUT2D eigenvalue weighted by Crippen LogP contribution is 2.32. The second kappa shape index (κ2) is 7.51. The third kappa shape index (κ3) is 3.93. The summed E-state index contributed by atoms with van der Waals surface area (Å²) in [6.07, 6.45) is 1.42. The van der Waals surface area contributed by atoms with Crippen molar-refractivity contribution in [1.82, 2.24) is 4.37 Å². The Bertz CT molecular complexity index is 675. The van der Waals surface area contributed by atoms with Crippen molar-refractivity contribution in [2.75, 3.05) is 6.61 Å². The summed E-state index contributed by atoms with van der Waals surface area (Å²) in [6.45, 7) is -0.200. The molecule has 0 saturated heterocycles. The number of nitrogens with zero attached hydrogens (tertiary/aromatic N) is 2. The van der Waals surface area contributed by atoms with Gasteiger partial charge in [0.15, 0.2) is 0 Å². The monoisotopic (exact) mass is 341 g/mol. The van der Waals surface area contributed by atoms with Crippen LogP contribution < -0.4 is 10.5 Å². The minimum atomic E-state index is -0.688. The van der Waals surface area contributed by atoms with E-state index in [4.69, 9.17) is 32.4 Å². The Labute approximate surface area is 135 Å². The SMILES string of the molecule is N#Cc1cc(F)c(Cl)cc1O[C@H](C[C@H](N)CO)c1ccns1. The fourth-order valence-corrected chi connectivity index (χ4v) is 2.61. The molecule has 0 aliphatic carbocycles. The van der Waals surface area contributed by atoms with Gasteiger partial charge in [-0.05, 0) is 23.7 Å². The first-order valence-electron chi connectivity index (χ1n) is 6.38. The molecule has 1 aromatic heterocycles. The van der Waals surface area contributed by atoms with Gasteiger partial charge in [-0.3, -0.25) is 0 Å². The molecule has 0 amide bonds. The zero-order chi connectivity index (χ0) is 16.1. The van der Waals surface area contributed by atoms with Crippen molar-refractivity contribution < 1.29 is 14.2 Å². The molecule has 1 aromatic carbocycles. The van der Waals surface area contributed by atoms with Crippen molar-refractivity contribution in [3.05, 3.63) is 45.7 Å². The molecule has 0 spiro atoms. The number of nitriles is 1. The Morgan fingerprint density at radius 1 is 1.55 bits per heavy atom. The molecule has 0 saturated carbocycles. The van der Waals surface area contributed by atoms with Crippen LogP contribution in [0.15, 0.2) is 24.4 Å². The van der Waals surface area contributed by atoms with Gasteiger partial charge in [0.1, 0.15) is 23.7 Å². The van der Waals surface area contributed by atoms with Gasteiger partial charge in [-0.15, -0.1) is 0 Å². The maximum Gasteiger partial charge on any atom is 0.143 e. The van der Waals surface area contributed by atoms with Crippen molar-refractivity contribution in [3.8, 4) is 11.8 Å². The molecule has 5 nitrogen and oxygen atoms in total. The first-order chi connectivity index (χ1) is 10.5. The minimum Gasteiger partial charge on any atom is -0.483 e. The van der Waals surface area contributed by atoms with Crippen LogP contribution in [-0.2, 0) is 0 Å². The number of nitrogens with two attached hydrogens (primary N) is 1. The minimum absolute atomic E-state index is 0.0361. The molecule has 0 aliphatic rings. The number of aliphatic hydroxyl groups excluding tert-OH is 1. The molecule has 0 radical (unpaired) electrons. The molecule has 2 aromatic rings. The molecule has 0 bridgehead atoms. The molecule has 1 heterocycles. The molecular weight excluding hydrogens is 329 g/mol. The van der Waals surface area contributed by atoms with E-state index in [1.165, 1.54) is 17.6 Å². The summed E-state index contributed by atoms with van der Waals surface area (Å²) >= 11 is 6.97. The zero-order valence-corrected chi connectivity index (χ0v) is 12.9. The van der Waals surface area contributed by atoms with Crippen LogP contribution in [0.2, 0.25) is 5.02 Å². The highest BCUT2D eigenvalue weighted by atomic mass is 35.5. The second-order valence-electron chi connectivity index (χ2n) is 4.57. The van der Waals surface area contributed by atoms with E-state index in [1.54, 1.807) is 12.3 Å². The first kappa shape index (κ1) is 16.6. The molecule has 3 N–H and O–H groups in total. The second-order valence-corrected chi connectivity index (χ2v) is 5.85. The van der Waals surface area contributed by atoms with Crippen LogP contribution >= 0.6 is 23.1 Å². The standard InChI is InChI=1S/C14H13ClFN3O2S/c15-10-5-12(8(6-17)3-11(10)16)21-13(4-9(18)7-20)14-1-2-19-22-14/h1-3,5,9,13,20H,4,7,18H2/t9-,13+/m0/s1. The Morgan fingerprint density at radius 3 is 2.91 bits per heavy atom. The first-order valence-corrected chi connectivity index (χ1v) is 7.53. The Kier molecular flexibility index (Phi) is 5.69. The average Bonchev–Trinajstić information content (AvgIpc) is 3.04. The van der Waals surface area contributed by atoms with Gasteiger partial charge in [-0.1, -0.05) is 11.6 Å². The lowest BCUT2D eigenvalue weighted by Gasteiger charge is -2.21. The number of rotatable bonds is 6. The van der Waals surface area contributed by atoms with Crippen LogP contribution in [0.25, 0.3) is 0 Å². The number of ether oxygens (including phenoxy) is 1. The predicted molar refractivity (Wildman–Crippen MR) is 81.3 cm³/mol. The molecule has 2 atom stereocenters. The van der Waals surface area contributed by atoms with Crippen LogP contribution in [0.3, 0.4) is 0 Å². The third-order valence-electron chi connectivity index (χ3n) is 2.94. The highest BCUT2D eigenvalue weighted by Gasteiger charge is 2.21. The van der Waals surface area contributed by atoms with Crippen molar-refractivity contribution in [2.45, 2.75) is 18.6 Å². The Hall–Kier alpha value is -1.72. The van der Waals surface area contributed by atoms with Crippen molar-refractivity contribution in [2.24, 2.45) is 5.73 Å². The van der Waals surface area contributed by atoms with Gasteiger partial charge in [0, 0.05) is 24.7 Å². The maximum atomic E-state index is 13.4. The van der Waals surface area contributed by atoms with E-state index in [2.05, 4.69) is 4.37 Å². The lowest BCUT2D eigenvalue weighted by atomic mass is 10.1. The average molecular weight is 342 g/mol. The van der Waals surface area contributed by atoms with Crippen LogP contribution in [0.5, 0.6) is 5.75 Å². The molecule has 8 heteroatoms. The predicted octanol–water partition coefficient (Wildman–Crippen LogP) is 2.64. The summed E-state index contributed by atoms with van der Waals surface area (Å²) in [5.41, 5.74) is 5.80. The van der Waals surface area contributed by atoms with Gasteiger partial charge in [-0.25, -0.2) is 8.76 Å². The Morgan fingerprint density at radius 2 is 2.32 bits per heavy atom. The number of hydrogen-bond acceptors (Lipinski definition) is 6. The lowest BCUT2D eigenvalue weighted by molar-refractivity contribution is 0.164. The quantitative estimate of drug-likeness (QED) is 0.842.